The van der Waals surface area contributed by atoms with Crippen molar-refractivity contribution in [1.29, 1.82) is 0 Å². The van der Waals surface area contributed by atoms with Crippen molar-refractivity contribution in [3.05, 3.63) is 11.3 Å². The van der Waals surface area contributed by atoms with Gasteiger partial charge >= 0.3 is 5.97 Å². The van der Waals surface area contributed by atoms with Crippen LogP contribution in [0.1, 0.15) is 47.5 Å². The Hall–Kier alpha value is -1.65. The minimum atomic E-state index is -0.581. The molecule has 0 fully saturated rings. The Morgan fingerprint density at radius 1 is 1.32 bits per heavy atom. The molecule has 0 radical (unpaired) electrons. The molecule has 0 saturated carbocycles. The predicted octanol–water partition coefficient (Wildman–Crippen LogP) is 2.35. The third kappa shape index (κ3) is 4.19. The number of ether oxygens (including phenoxy) is 1. The van der Waals surface area contributed by atoms with Gasteiger partial charge in [0.15, 0.2) is 5.78 Å². The standard InChI is InChI=1S/C14H21NO4/c1-8(16)12(9(2)17)10-6-7-11(15-10)13(18)19-14(3,4)5/h11,16H,6-7H2,1-5H3/b12-8-. The zero-order valence-electron chi connectivity index (χ0n) is 12.1. The summed E-state index contributed by atoms with van der Waals surface area (Å²) in [5.74, 6) is -0.694. The fraction of sp³-hybridized carbons (Fsp3) is 0.643. The van der Waals surface area contributed by atoms with Crippen LogP contribution >= 0.6 is 0 Å². The zero-order chi connectivity index (χ0) is 14.8. The Balaban J connectivity index is 2.88. The van der Waals surface area contributed by atoms with Crippen LogP contribution in [0, 0.1) is 0 Å². The number of ketones is 1. The first-order chi connectivity index (χ1) is 8.61. The lowest BCUT2D eigenvalue weighted by Crippen LogP contribution is -2.29. The molecule has 0 spiro atoms. The third-order valence-electron chi connectivity index (χ3n) is 2.65. The van der Waals surface area contributed by atoms with Gasteiger partial charge in [-0.1, -0.05) is 0 Å². The first-order valence-corrected chi connectivity index (χ1v) is 6.32. The van der Waals surface area contributed by atoms with Gasteiger partial charge in [-0.2, -0.15) is 0 Å². The molecule has 1 N–H and O–H groups in total. The van der Waals surface area contributed by atoms with E-state index >= 15 is 0 Å². The van der Waals surface area contributed by atoms with Crippen LogP contribution < -0.4 is 0 Å². The van der Waals surface area contributed by atoms with Crippen LogP contribution in [0.15, 0.2) is 16.3 Å². The van der Waals surface area contributed by atoms with Gasteiger partial charge in [0.1, 0.15) is 17.4 Å². The summed E-state index contributed by atoms with van der Waals surface area (Å²) in [6, 6.07) is -0.581. The Morgan fingerprint density at radius 2 is 1.89 bits per heavy atom. The highest BCUT2D eigenvalue weighted by molar-refractivity contribution is 6.22. The number of aliphatic hydroxyl groups is 1. The second-order valence-corrected chi connectivity index (χ2v) is 5.68. The van der Waals surface area contributed by atoms with Crippen LogP contribution in [0.25, 0.3) is 0 Å². The smallest absolute Gasteiger partial charge is 0.331 e. The fourth-order valence-electron chi connectivity index (χ4n) is 1.99. The molecule has 1 heterocycles. The summed E-state index contributed by atoms with van der Waals surface area (Å²) in [7, 11) is 0. The van der Waals surface area contributed by atoms with E-state index < -0.39 is 11.6 Å². The molecule has 1 aliphatic heterocycles. The van der Waals surface area contributed by atoms with Crippen LogP contribution in [0.5, 0.6) is 0 Å². The van der Waals surface area contributed by atoms with Crippen LogP contribution in [0.4, 0.5) is 0 Å². The number of carbonyl (C=O) groups is 2. The fourth-order valence-corrected chi connectivity index (χ4v) is 1.99. The highest BCUT2D eigenvalue weighted by Crippen LogP contribution is 2.23. The zero-order valence-corrected chi connectivity index (χ0v) is 12.1. The van der Waals surface area contributed by atoms with Gasteiger partial charge in [-0.3, -0.25) is 9.79 Å². The second-order valence-electron chi connectivity index (χ2n) is 5.68. The molecule has 106 valence electrons. The maximum atomic E-state index is 11.9. The molecular weight excluding hydrogens is 246 g/mol. The first-order valence-electron chi connectivity index (χ1n) is 6.32. The van der Waals surface area contributed by atoms with Crippen LogP contribution in [-0.2, 0) is 14.3 Å². The monoisotopic (exact) mass is 267 g/mol. The highest BCUT2D eigenvalue weighted by atomic mass is 16.6. The number of hydrogen-bond donors (Lipinski definition) is 1. The van der Waals surface area contributed by atoms with E-state index in [4.69, 9.17) is 4.74 Å². The number of aliphatic imine (C=N–C) groups is 1. The van der Waals surface area contributed by atoms with Crippen molar-refractivity contribution >= 4 is 17.5 Å². The van der Waals surface area contributed by atoms with E-state index in [1.54, 1.807) is 20.8 Å². The van der Waals surface area contributed by atoms with E-state index in [9.17, 15) is 14.7 Å². The molecule has 5 nitrogen and oxygen atoms in total. The average molecular weight is 267 g/mol. The highest BCUT2D eigenvalue weighted by Gasteiger charge is 2.31. The molecule has 5 heteroatoms. The Labute approximate surface area is 113 Å². The first kappa shape index (κ1) is 15.4. The van der Waals surface area contributed by atoms with Crippen molar-refractivity contribution in [1.82, 2.24) is 0 Å². The lowest BCUT2D eigenvalue weighted by atomic mass is 10.0. The van der Waals surface area contributed by atoms with Gasteiger partial charge in [0.2, 0.25) is 0 Å². The lowest BCUT2D eigenvalue weighted by molar-refractivity contribution is -0.156. The Bertz CT molecular complexity index is 451. The number of allylic oxidation sites excluding steroid dienone is 2. The average Bonchev–Trinajstić information content (AvgIpc) is 2.62. The van der Waals surface area contributed by atoms with E-state index in [0.717, 1.165) is 0 Å². The van der Waals surface area contributed by atoms with Gasteiger partial charge < -0.3 is 9.84 Å². The van der Waals surface area contributed by atoms with Gasteiger partial charge in [-0.15, -0.1) is 0 Å². The minimum absolute atomic E-state index is 0.0592. The summed E-state index contributed by atoms with van der Waals surface area (Å²) in [5.41, 5.74) is 0.149. The molecule has 0 aromatic heterocycles. The number of esters is 1. The van der Waals surface area contributed by atoms with Crippen molar-refractivity contribution in [3.8, 4) is 0 Å². The molecule has 1 atom stereocenters. The van der Waals surface area contributed by atoms with Crippen molar-refractivity contribution in [3.63, 3.8) is 0 Å². The van der Waals surface area contributed by atoms with Crippen molar-refractivity contribution in [2.24, 2.45) is 4.99 Å². The number of Topliss-reactive ketones (excluding diaryl/α,β-unsaturated/α-hetero) is 1. The molecular formula is C14H21NO4. The lowest BCUT2D eigenvalue weighted by Gasteiger charge is -2.20. The number of hydrogen-bond acceptors (Lipinski definition) is 5. The number of nitrogens with zero attached hydrogens (tertiary/aromatic N) is 1. The van der Waals surface area contributed by atoms with Gasteiger partial charge in [-0.25, -0.2) is 4.79 Å². The third-order valence-corrected chi connectivity index (χ3v) is 2.65. The maximum Gasteiger partial charge on any atom is 0.331 e. The van der Waals surface area contributed by atoms with Gasteiger partial charge in [0.05, 0.1) is 11.3 Å². The normalized spacial score (nSPS) is 20.7. The molecule has 1 rings (SSSR count). The number of aliphatic hydroxyl groups excluding tert-OH is 1. The molecule has 19 heavy (non-hydrogen) atoms. The molecule has 0 amide bonds. The quantitative estimate of drug-likeness (QED) is 0.484. The van der Waals surface area contributed by atoms with Gasteiger partial charge in [0, 0.05) is 0 Å². The van der Waals surface area contributed by atoms with Gasteiger partial charge in [0.25, 0.3) is 0 Å². The number of carbonyl (C=O) groups excluding carboxylic acids is 2. The van der Waals surface area contributed by atoms with E-state index in [1.165, 1.54) is 13.8 Å². The molecule has 0 aromatic rings. The van der Waals surface area contributed by atoms with Crippen LogP contribution in [0.2, 0.25) is 0 Å². The van der Waals surface area contributed by atoms with E-state index in [2.05, 4.69) is 4.99 Å². The Kier molecular flexibility index (Phi) is 4.50. The van der Waals surface area contributed by atoms with Crippen LogP contribution in [0.3, 0.4) is 0 Å². The molecule has 0 aromatic carbocycles. The Morgan fingerprint density at radius 3 is 2.32 bits per heavy atom. The summed E-state index contributed by atoms with van der Waals surface area (Å²) in [6.07, 6.45) is 1.00. The van der Waals surface area contributed by atoms with E-state index in [0.29, 0.717) is 18.6 Å². The van der Waals surface area contributed by atoms with Crippen molar-refractivity contribution in [2.75, 3.05) is 0 Å². The SMILES string of the molecule is CC(=O)/C(C1=NC(C(=O)OC(C)(C)C)CC1)=C(\C)O. The largest absolute Gasteiger partial charge is 0.512 e. The molecule has 1 unspecified atom stereocenters. The van der Waals surface area contributed by atoms with E-state index in [-0.39, 0.29) is 23.1 Å². The van der Waals surface area contributed by atoms with Crippen LogP contribution in [-0.4, -0.2) is 34.2 Å². The van der Waals surface area contributed by atoms with Crippen molar-refractivity contribution < 1.29 is 19.4 Å². The second kappa shape index (κ2) is 5.55. The summed E-state index contributed by atoms with van der Waals surface area (Å²) >= 11 is 0. The summed E-state index contributed by atoms with van der Waals surface area (Å²) < 4.78 is 5.26. The summed E-state index contributed by atoms with van der Waals surface area (Å²) in [6.45, 7) is 8.20. The molecule has 0 saturated heterocycles. The minimum Gasteiger partial charge on any atom is -0.512 e. The predicted molar refractivity (Wildman–Crippen MR) is 72.3 cm³/mol. The maximum absolute atomic E-state index is 11.9. The summed E-state index contributed by atoms with van der Waals surface area (Å²) in [4.78, 5) is 27.6. The molecule has 0 aliphatic carbocycles. The summed E-state index contributed by atoms with van der Waals surface area (Å²) in [5, 5.41) is 9.52. The number of rotatable bonds is 3. The van der Waals surface area contributed by atoms with E-state index in [1.807, 2.05) is 0 Å². The topological polar surface area (TPSA) is 76.0 Å². The van der Waals surface area contributed by atoms with Crippen molar-refractivity contribution in [2.45, 2.75) is 59.1 Å². The molecule has 0 bridgehead atoms. The van der Waals surface area contributed by atoms with Gasteiger partial charge in [-0.05, 0) is 47.5 Å². The molecule has 1 aliphatic rings.